The third-order valence-electron chi connectivity index (χ3n) is 2.28. The third-order valence-corrected chi connectivity index (χ3v) is 3.46. The van der Waals surface area contributed by atoms with Crippen LogP contribution in [0.25, 0.3) is 0 Å². The maximum atomic E-state index is 11.8. The molecule has 2 aliphatic carbocycles. The van der Waals surface area contributed by atoms with Crippen molar-refractivity contribution in [2.24, 2.45) is 11.5 Å². The van der Waals surface area contributed by atoms with Crippen molar-refractivity contribution >= 4 is 43.4 Å². The van der Waals surface area contributed by atoms with Gasteiger partial charge in [-0.25, -0.2) is 0 Å². The molecule has 0 bridgehead atoms. The fourth-order valence-electron chi connectivity index (χ4n) is 1.57. The summed E-state index contributed by atoms with van der Waals surface area (Å²) in [5.41, 5.74) is 12.2. The molecule has 0 unspecified atom stereocenters. The molecule has 0 saturated carbocycles. The molecule has 0 fully saturated rings. The van der Waals surface area contributed by atoms with Gasteiger partial charge in [0.15, 0.2) is 0 Å². The molecular formula is C10H6Br2N2O2. The largest absolute Gasteiger partial charge is 0.398 e. The number of halogens is 2. The highest BCUT2D eigenvalue weighted by molar-refractivity contribution is 9.12. The minimum atomic E-state index is -0.327. The summed E-state index contributed by atoms with van der Waals surface area (Å²) in [6.45, 7) is 0. The number of hydrogen-bond acceptors (Lipinski definition) is 4. The van der Waals surface area contributed by atoms with Crippen LogP contribution < -0.4 is 11.5 Å². The minimum absolute atomic E-state index is 0.167. The van der Waals surface area contributed by atoms with Crippen LogP contribution in [-0.2, 0) is 9.59 Å². The number of nitrogens with two attached hydrogens (primary N) is 2. The van der Waals surface area contributed by atoms with Gasteiger partial charge in [-0.15, -0.1) is 0 Å². The van der Waals surface area contributed by atoms with E-state index in [0.717, 1.165) is 0 Å². The fourth-order valence-corrected chi connectivity index (χ4v) is 2.45. The quantitative estimate of drug-likeness (QED) is 0.689. The number of fused-ring (bicyclic) bond motifs is 1. The first kappa shape index (κ1) is 11.3. The molecule has 0 atom stereocenters. The lowest BCUT2D eigenvalue weighted by molar-refractivity contribution is -0.114. The minimum Gasteiger partial charge on any atom is -0.398 e. The maximum Gasteiger partial charge on any atom is 0.202 e. The van der Waals surface area contributed by atoms with Gasteiger partial charge in [-0.1, -0.05) is 0 Å². The van der Waals surface area contributed by atoms with Gasteiger partial charge in [0.2, 0.25) is 11.6 Å². The van der Waals surface area contributed by atoms with Crippen LogP contribution in [0, 0.1) is 0 Å². The molecule has 4 nitrogen and oxygen atoms in total. The van der Waals surface area contributed by atoms with E-state index in [2.05, 4.69) is 31.9 Å². The predicted octanol–water partition coefficient (Wildman–Crippen LogP) is 1.14. The van der Waals surface area contributed by atoms with Crippen LogP contribution >= 0.6 is 31.9 Å². The summed E-state index contributed by atoms with van der Waals surface area (Å²) < 4.78 is 0.594. The van der Waals surface area contributed by atoms with Crippen molar-refractivity contribution in [1.82, 2.24) is 0 Å². The van der Waals surface area contributed by atoms with E-state index in [1.807, 2.05) is 0 Å². The maximum absolute atomic E-state index is 11.8. The average Bonchev–Trinajstić information content (AvgIpc) is 2.20. The second kappa shape index (κ2) is 3.71. The lowest BCUT2D eigenvalue weighted by atomic mass is 9.87. The molecule has 0 aliphatic heterocycles. The van der Waals surface area contributed by atoms with Gasteiger partial charge >= 0.3 is 0 Å². The van der Waals surface area contributed by atoms with Gasteiger partial charge < -0.3 is 11.5 Å². The number of carbonyl (C=O) groups excluding carboxylic acids is 2. The highest BCUT2D eigenvalue weighted by Gasteiger charge is 2.34. The lowest BCUT2D eigenvalue weighted by Gasteiger charge is -2.21. The monoisotopic (exact) mass is 344 g/mol. The summed E-state index contributed by atoms with van der Waals surface area (Å²) in [6.07, 6.45) is 2.83. The van der Waals surface area contributed by atoms with Gasteiger partial charge in [0, 0.05) is 11.4 Å². The van der Waals surface area contributed by atoms with E-state index in [4.69, 9.17) is 11.5 Å². The van der Waals surface area contributed by atoms with Crippen LogP contribution in [0.15, 0.2) is 43.7 Å². The number of ketones is 2. The zero-order chi connectivity index (χ0) is 12.0. The second-order valence-corrected chi connectivity index (χ2v) is 5.01. The first-order valence-corrected chi connectivity index (χ1v) is 5.85. The smallest absolute Gasteiger partial charge is 0.202 e. The van der Waals surface area contributed by atoms with E-state index in [1.54, 1.807) is 0 Å². The van der Waals surface area contributed by atoms with Crippen LogP contribution in [0.5, 0.6) is 0 Å². The van der Waals surface area contributed by atoms with E-state index in [0.29, 0.717) is 8.96 Å². The number of hydrogen-bond donors (Lipinski definition) is 2. The summed E-state index contributed by atoms with van der Waals surface area (Å²) in [6, 6.07) is 0. The Bertz CT molecular complexity index is 503. The Labute approximate surface area is 108 Å². The molecule has 0 aromatic carbocycles. The summed E-state index contributed by atoms with van der Waals surface area (Å²) in [5.74, 6) is -0.655. The van der Waals surface area contributed by atoms with Crippen molar-refractivity contribution in [3.8, 4) is 0 Å². The molecule has 82 valence electrons. The van der Waals surface area contributed by atoms with Crippen molar-refractivity contribution in [3.63, 3.8) is 0 Å². The van der Waals surface area contributed by atoms with E-state index < -0.39 is 0 Å². The molecule has 0 saturated heterocycles. The van der Waals surface area contributed by atoms with Crippen molar-refractivity contribution < 1.29 is 9.59 Å². The van der Waals surface area contributed by atoms with Gasteiger partial charge in [-0.2, -0.15) is 0 Å². The van der Waals surface area contributed by atoms with E-state index in [9.17, 15) is 9.59 Å². The molecular weight excluding hydrogens is 340 g/mol. The number of rotatable bonds is 0. The van der Waals surface area contributed by atoms with E-state index >= 15 is 0 Å². The van der Waals surface area contributed by atoms with Crippen LogP contribution in [-0.4, -0.2) is 11.6 Å². The number of allylic oxidation sites excluding steroid dienone is 6. The van der Waals surface area contributed by atoms with E-state index in [-0.39, 0.29) is 34.1 Å². The second-order valence-electron chi connectivity index (χ2n) is 3.30. The molecule has 0 radical (unpaired) electrons. The number of Topliss-reactive ketones (excluding diaryl/α,β-unsaturated/α-hetero) is 2. The van der Waals surface area contributed by atoms with Crippen molar-refractivity contribution in [1.29, 1.82) is 0 Å². The highest BCUT2D eigenvalue weighted by atomic mass is 79.9. The van der Waals surface area contributed by atoms with Crippen molar-refractivity contribution in [3.05, 3.63) is 43.7 Å². The van der Waals surface area contributed by atoms with Crippen molar-refractivity contribution in [2.45, 2.75) is 0 Å². The van der Waals surface area contributed by atoms with Crippen LogP contribution in [0.1, 0.15) is 0 Å². The Balaban J connectivity index is 2.78. The summed E-state index contributed by atoms with van der Waals surface area (Å²) >= 11 is 6.17. The molecule has 0 heterocycles. The SMILES string of the molecule is NC1=C2C(=O)C(Br)=CC(N)=C2C(=O)C(Br)=C1. The molecule has 2 aliphatic rings. The Morgan fingerprint density at radius 2 is 1.12 bits per heavy atom. The normalized spacial score (nSPS) is 20.9. The Kier molecular flexibility index (Phi) is 2.63. The van der Waals surface area contributed by atoms with E-state index in [1.165, 1.54) is 12.2 Å². The third kappa shape index (κ3) is 1.49. The first-order valence-electron chi connectivity index (χ1n) is 4.27. The molecule has 0 spiro atoms. The van der Waals surface area contributed by atoms with Gasteiger partial charge in [0.25, 0.3) is 0 Å². The fraction of sp³-hybridized carbons (Fsp3) is 0. The van der Waals surface area contributed by atoms with Gasteiger partial charge in [0.05, 0.1) is 20.1 Å². The molecule has 0 aromatic rings. The molecule has 16 heavy (non-hydrogen) atoms. The average molecular weight is 346 g/mol. The van der Waals surface area contributed by atoms with Crippen LogP contribution in [0.3, 0.4) is 0 Å². The highest BCUT2D eigenvalue weighted by Crippen LogP contribution is 2.35. The van der Waals surface area contributed by atoms with Gasteiger partial charge in [-0.3, -0.25) is 9.59 Å². The summed E-state index contributed by atoms with van der Waals surface area (Å²) in [4.78, 5) is 23.7. The lowest BCUT2D eigenvalue weighted by Crippen LogP contribution is -2.27. The molecule has 2 rings (SSSR count). The zero-order valence-electron chi connectivity index (χ0n) is 7.88. The van der Waals surface area contributed by atoms with Gasteiger partial charge in [0.1, 0.15) is 0 Å². The zero-order valence-corrected chi connectivity index (χ0v) is 11.1. The molecule has 4 N–H and O–H groups in total. The topological polar surface area (TPSA) is 86.2 Å². The first-order chi connectivity index (χ1) is 7.43. The molecule has 6 heteroatoms. The van der Waals surface area contributed by atoms with Crippen LogP contribution in [0.2, 0.25) is 0 Å². The summed E-state index contributed by atoms with van der Waals surface area (Å²) in [7, 11) is 0. The van der Waals surface area contributed by atoms with Crippen LogP contribution in [0.4, 0.5) is 0 Å². The molecule has 0 amide bonds. The Hall–Kier alpha value is -1.14. The Morgan fingerprint density at radius 3 is 1.44 bits per heavy atom. The molecule has 0 aromatic heterocycles. The summed E-state index contributed by atoms with van der Waals surface area (Å²) in [5, 5.41) is 0. The Morgan fingerprint density at radius 1 is 0.812 bits per heavy atom. The van der Waals surface area contributed by atoms with Gasteiger partial charge in [-0.05, 0) is 44.0 Å². The standard InChI is InChI=1S/C10H6Br2N2O2/c11-3-1-5(13)7-8(9(3)15)6(14)2-4(12)10(7)16/h1-2H,13-14H2. The predicted molar refractivity (Wildman–Crippen MR) is 66.5 cm³/mol. The van der Waals surface area contributed by atoms with Crippen molar-refractivity contribution in [2.75, 3.05) is 0 Å². The number of carbonyl (C=O) groups is 2.